The summed E-state index contributed by atoms with van der Waals surface area (Å²) in [5.41, 5.74) is 0. The van der Waals surface area contributed by atoms with Crippen molar-refractivity contribution in [1.29, 1.82) is 0 Å². The number of aliphatic hydroxyl groups excluding tert-OH is 2. The molecule has 54 valence electrons. The number of hydrogen-bond donors (Lipinski definition) is 2. The number of aliphatic hydroxyl groups is 2. The summed E-state index contributed by atoms with van der Waals surface area (Å²) in [4.78, 5) is 0. The van der Waals surface area contributed by atoms with Gasteiger partial charge in [-0.15, -0.1) is 0 Å². The molecular formula is C6H12O3. The van der Waals surface area contributed by atoms with Gasteiger partial charge in [0.1, 0.15) is 12.2 Å². The minimum atomic E-state index is -0.708. The Kier molecular flexibility index (Phi) is 1.75. The Morgan fingerprint density at radius 2 is 1.33 bits per heavy atom. The van der Waals surface area contributed by atoms with Crippen LogP contribution in [0.15, 0.2) is 0 Å². The van der Waals surface area contributed by atoms with E-state index in [1.807, 2.05) is 0 Å². The van der Waals surface area contributed by atoms with Crippen LogP contribution in [-0.2, 0) is 4.74 Å². The molecule has 3 nitrogen and oxygen atoms in total. The highest BCUT2D eigenvalue weighted by Gasteiger charge is 2.36. The average molecular weight is 132 g/mol. The van der Waals surface area contributed by atoms with Gasteiger partial charge in [-0.25, -0.2) is 0 Å². The molecule has 0 aromatic carbocycles. The summed E-state index contributed by atoms with van der Waals surface area (Å²) in [5.74, 6) is 0. The van der Waals surface area contributed by atoms with E-state index in [9.17, 15) is 0 Å². The largest absolute Gasteiger partial charge is 0.388 e. The second-order valence-corrected chi connectivity index (χ2v) is 2.53. The lowest BCUT2D eigenvalue weighted by molar-refractivity contribution is 0.0281. The maximum Gasteiger partial charge on any atom is 0.108 e. The maximum atomic E-state index is 9.06. The fourth-order valence-electron chi connectivity index (χ4n) is 1.05. The third-order valence-electron chi connectivity index (χ3n) is 1.74. The highest BCUT2D eigenvalue weighted by molar-refractivity contribution is 4.85. The lowest BCUT2D eigenvalue weighted by Crippen LogP contribution is -2.30. The van der Waals surface area contributed by atoms with Crippen molar-refractivity contribution in [2.24, 2.45) is 0 Å². The van der Waals surface area contributed by atoms with E-state index in [4.69, 9.17) is 14.9 Å². The molecule has 4 atom stereocenters. The maximum absolute atomic E-state index is 9.06. The van der Waals surface area contributed by atoms with E-state index in [2.05, 4.69) is 0 Å². The van der Waals surface area contributed by atoms with E-state index < -0.39 is 12.2 Å². The van der Waals surface area contributed by atoms with E-state index in [1.165, 1.54) is 0 Å². The predicted molar refractivity (Wildman–Crippen MR) is 32.0 cm³/mol. The van der Waals surface area contributed by atoms with Crippen molar-refractivity contribution in [3.63, 3.8) is 0 Å². The Labute approximate surface area is 54.3 Å². The smallest absolute Gasteiger partial charge is 0.108 e. The minimum Gasteiger partial charge on any atom is -0.388 e. The standard InChI is InChI=1S/C6H12O3/c1-3-5(7)6(8)4(2)9-3/h3-8H,1-2H3/t3-,4-,5-,6-/m1/s1. The second kappa shape index (κ2) is 2.25. The molecule has 3 heteroatoms. The molecule has 0 aliphatic carbocycles. The Bertz CT molecular complexity index is 92.5. The Hall–Kier alpha value is -0.120. The quantitative estimate of drug-likeness (QED) is 0.468. The van der Waals surface area contributed by atoms with Crippen LogP contribution >= 0.6 is 0 Å². The summed E-state index contributed by atoms with van der Waals surface area (Å²) in [6.07, 6.45) is -1.87. The van der Waals surface area contributed by atoms with Crippen molar-refractivity contribution in [2.75, 3.05) is 0 Å². The van der Waals surface area contributed by atoms with Gasteiger partial charge in [0, 0.05) is 0 Å². The van der Waals surface area contributed by atoms with Gasteiger partial charge >= 0.3 is 0 Å². The summed E-state index contributed by atoms with van der Waals surface area (Å²) in [6.45, 7) is 3.49. The molecule has 1 saturated heterocycles. The second-order valence-electron chi connectivity index (χ2n) is 2.53. The zero-order chi connectivity index (χ0) is 7.02. The molecule has 0 amide bonds. The van der Waals surface area contributed by atoms with E-state index in [1.54, 1.807) is 13.8 Å². The SMILES string of the molecule is C[C@H]1O[C@H](C)[C@@H](O)[C@@H]1O. The first-order valence-electron chi connectivity index (χ1n) is 3.14. The molecule has 0 spiro atoms. The van der Waals surface area contributed by atoms with Gasteiger partial charge in [0.25, 0.3) is 0 Å². The van der Waals surface area contributed by atoms with Gasteiger partial charge in [0.15, 0.2) is 0 Å². The summed E-state index contributed by atoms with van der Waals surface area (Å²) in [6, 6.07) is 0. The van der Waals surface area contributed by atoms with Crippen LogP contribution in [0, 0.1) is 0 Å². The summed E-state index contributed by atoms with van der Waals surface area (Å²) in [7, 11) is 0. The van der Waals surface area contributed by atoms with E-state index in [0.717, 1.165) is 0 Å². The van der Waals surface area contributed by atoms with Crippen LogP contribution in [0.1, 0.15) is 13.8 Å². The summed E-state index contributed by atoms with van der Waals surface area (Å²) < 4.78 is 5.09. The predicted octanol–water partition coefficient (Wildman–Crippen LogP) is -0.485. The minimum absolute atomic E-state index is 0.227. The fourth-order valence-corrected chi connectivity index (χ4v) is 1.05. The highest BCUT2D eigenvalue weighted by Crippen LogP contribution is 2.19. The molecular weight excluding hydrogens is 120 g/mol. The van der Waals surface area contributed by atoms with Crippen molar-refractivity contribution in [1.82, 2.24) is 0 Å². The first-order valence-corrected chi connectivity index (χ1v) is 3.14. The lowest BCUT2D eigenvalue weighted by atomic mass is 10.1. The third kappa shape index (κ3) is 1.08. The molecule has 9 heavy (non-hydrogen) atoms. The van der Waals surface area contributed by atoms with Crippen LogP contribution in [-0.4, -0.2) is 34.6 Å². The topological polar surface area (TPSA) is 49.7 Å². The molecule has 1 fully saturated rings. The Morgan fingerprint density at radius 3 is 1.44 bits per heavy atom. The molecule has 0 unspecified atom stereocenters. The average Bonchev–Trinajstić information content (AvgIpc) is 1.98. The zero-order valence-electron chi connectivity index (χ0n) is 5.61. The van der Waals surface area contributed by atoms with Crippen molar-refractivity contribution in [2.45, 2.75) is 38.3 Å². The van der Waals surface area contributed by atoms with Crippen LogP contribution < -0.4 is 0 Å². The van der Waals surface area contributed by atoms with Gasteiger partial charge in [0.05, 0.1) is 12.2 Å². The van der Waals surface area contributed by atoms with Crippen molar-refractivity contribution in [3.05, 3.63) is 0 Å². The van der Waals surface area contributed by atoms with Gasteiger partial charge in [-0.1, -0.05) is 0 Å². The molecule has 1 aliphatic rings. The number of hydrogen-bond acceptors (Lipinski definition) is 3. The van der Waals surface area contributed by atoms with Crippen molar-refractivity contribution >= 4 is 0 Å². The normalized spacial score (nSPS) is 52.0. The molecule has 2 N–H and O–H groups in total. The van der Waals surface area contributed by atoms with Gasteiger partial charge in [-0.05, 0) is 13.8 Å². The molecule has 1 aliphatic heterocycles. The first kappa shape index (κ1) is 6.99. The fraction of sp³-hybridized carbons (Fsp3) is 1.00. The van der Waals surface area contributed by atoms with Crippen LogP contribution in [0.5, 0.6) is 0 Å². The Morgan fingerprint density at radius 1 is 1.00 bits per heavy atom. The molecule has 0 bridgehead atoms. The molecule has 0 radical (unpaired) electrons. The van der Waals surface area contributed by atoms with E-state index in [0.29, 0.717) is 0 Å². The van der Waals surface area contributed by atoms with E-state index >= 15 is 0 Å². The van der Waals surface area contributed by atoms with Gasteiger partial charge in [-0.3, -0.25) is 0 Å². The molecule has 1 rings (SSSR count). The van der Waals surface area contributed by atoms with Gasteiger partial charge < -0.3 is 14.9 Å². The first-order chi connectivity index (χ1) is 4.13. The molecule has 0 aromatic rings. The van der Waals surface area contributed by atoms with Gasteiger partial charge in [-0.2, -0.15) is 0 Å². The van der Waals surface area contributed by atoms with E-state index in [-0.39, 0.29) is 12.2 Å². The monoisotopic (exact) mass is 132 g/mol. The summed E-state index contributed by atoms with van der Waals surface area (Å²) >= 11 is 0. The van der Waals surface area contributed by atoms with Gasteiger partial charge in [0.2, 0.25) is 0 Å². The molecule has 0 aromatic heterocycles. The number of ether oxygens (including phenoxy) is 1. The third-order valence-corrected chi connectivity index (χ3v) is 1.74. The van der Waals surface area contributed by atoms with Crippen molar-refractivity contribution < 1.29 is 14.9 Å². The van der Waals surface area contributed by atoms with Crippen LogP contribution in [0.25, 0.3) is 0 Å². The van der Waals surface area contributed by atoms with Crippen LogP contribution in [0.2, 0.25) is 0 Å². The number of rotatable bonds is 0. The van der Waals surface area contributed by atoms with Crippen molar-refractivity contribution in [3.8, 4) is 0 Å². The zero-order valence-corrected chi connectivity index (χ0v) is 5.61. The Balaban J connectivity index is 2.54. The van der Waals surface area contributed by atoms with Crippen LogP contribution in [0.4, 0.5) is 0 Å². The molecule has 1 heterocycles. The summed E-state index contributed by atoms with van der Waals surface area (Å²) in [5, 5.41) is 18.1. The highest BCUT2D eigenvalue weighted by atomic mass is 16.5. The lowest BCUT2D eigenvalue weighted by Gasteiger charge is -2.08. The van der Waals surface area contributed by atoms with Crippen LogP contribution in [0.3, 0.4) is 0 Å². The molecule has 0 saturated carbocycles.